The number of hydrogen-bond acceptors (Lipinski definition) is 11. The first-order valence-electron chi connectivity index (χ1n) is 19.9. The van der Waals surface area contributed by atoms with Crippen molar-refractivity contribution in [1.29, 1.82) is 0 Å². The second-order valence-electron chi connectivity index (χ2n) is 15.2. The second-order valence-corrected chi connectivity index (χ2v) is 15.2. The first-order chi connectivity index (χ1) is 27.7. The van der Waals surface area contributed by atoms with Gasteiger partial charge in [0.05, 0.1) is 18.2 Å². The lowest BCUT2D eigenvalue weighted by atomic mass is 9.90. The number of imide groups is 1. The maximum absolute atomic E-state index is 13.5. The highest BCUT2D eigenvalue weighted by atomic mass is 16.5. The summed E-state index contributed by atoms with van der Waals surface area (Å²) < 4.78 is 9.16. The molecular weight excluding hydrogens is 723 g/mol. The number of benzene rings is 2. The minimum atomic E-state index is -0.990. The van der Waals surface area contributed by atoms with Crippen LogP contribution in [-0.2, 0) is 28.2 Å². The van der Waals surface area contributed by atoms with Crippen LogP contribution in [0.2, 0.25) is 0 Å². The zero-order valence-corrected chi connectivity index (χ0v) is 32.2. The Morgan fingerprint density at radius 1 is 1.00 bits per heavy atom. The molecule has 0 radical (unpaired) electrons. The number of carbonyl (C=O) groups excluding carboxylic acids is 2. The molecule has 8 rings (SSSR count). The van der Waals surface area contributed by atoms with Gasteiger partial charge < -0.3 is 25.4 Å². The largest absolute Gasteiger partial charge is 0.492 e. The number of amides is 2. The minimum Gasteiger partial charge on any atom is -0.492 e. The number of aryl methyl sites for hydroxylation is 1. The Morgan fingerprint density at radius 3 is 2.53 bits per heavy atom. The van der Waals surface area contributed by atoms with Crippen molar-refractivity contribution in [2.24, 2.45) is 5.92 Å². The zero-order valence-electron chi connectivity index (χ0n) is 32.2. The highest BCUT2D eigenvalue weighted by Gasteiger charge is 2.37. The highest BCUT2D eigenvalue weighted by molar-refractivity contribution is 6.00. The number of anilines is 3. The van der Waals surface area contributed by atoms with Crippen molar-refractivity contribution in [3.05, 3.63) is 107 Å². The molecule has 2 aliphatic heterocycles. The fourth-order valence-electron chi connectivity index (χ4n) is 8.25. The molecule has 14 heteroatoms. The van der Waals surface area contributed by atoms with Crippen LogP contribution in [0.15, 0.2) is 84.3 Å². The Morgan fingerprint density at radius 2 is 1.79 bits per heavy atom. The van der Waals surface area contributed by atoms with Crippen LogP contribution in [0.1, 0.15) is 68.2 Å². The number of nitrogens with one attached hydrogen (secondary N) is 3. The van der Waals surface area contributed by atoms with Gasteiger partial charge in [-0.2, -0.15) is 4.98 Å². The van der Waals surface area contributed by atoms with Gasteiger partial charge in [-0.25, -0.2) is 19.3 Å². The smallest absolute Gasteiger partial charge is 0.278 e. The van der Waals surface area contributed by atoms with Crippen molar-refractivity contribution in [3.8, 4) is 11.6 Å². The lowest BCUT2D eigenvalue weighted by Crippen LogP contribution is -2.39. The predicted molar refractivity (Wildman–Crippen MR) is 218 cm³/mol. The van der Waals surface area contributed by atoms with Gasteiger partial charge in [0, 0.05) is 43.6 Å². The SMILES string of the molecule is C=CCn1c(=O)c2cnc(Nc3ccc(N4CCC(CNCCOc5ccc(C6CCC(=O)NC6=O)cc5)CC4)cc3)nc2n1-c1ccc2c(n1)[C@@](O)(CC)CC2. The van der Waals surface area contributed by atoms with E-state index < -0.39 is 5.60 Å². The van der Waals surface area contributed by atoms with E-state index in [9.17, 15) is 19.5 Å². The number of fused-ring (bicyclic) bond motifs is 2. The van der Waals surface area contributed by atoms with Crippen LogP contribution in [0.3, 0.4) is 0 Å². The summed E-state index contributed by atoms with van der Waals surface area (Å²) in [6, 6.07) is 19.7. The Kier molecular flexibility index (Phi) is 10.9. The molecule has 5 heterocycles. The van der Waals surface area contributed by atoms with E-state index in [1.165, 1.54) is 0 Å². The number of piperidine rings is 2. The van der Waals surface area contributed by atoms with E-state index in [4.69, 9.17) is 14.7 Å². The Bertz CT molecular complexity index is 2330. The monoisotopic (exact) mass is 771 g/mol. The van der Waals surface area contributed by atoms with Crippen molar-refractivity contribution < 1.29 is 19.4 Å². The maximum Gasteiger partial charge on any atom is 0.278 e. The molecule has 5 aromatic rings. The topological polar surface area (TPSA) is 169 Å². The van der Waals surface area contributed by atoms with E-state index in [0.717, 1.165) is 73.7 Å². The summed E-state index contributed by atoms with van der Waals surface area (Å²) in [5.41, 5.74) is 3.75. The van der Waals surface area contributed by atoms with Gasteiger partial charge in [0.25, 0.3) is 5.56 Å². The quantitative estimate of drug-likeness (QED) is 0.0692. The number of allylic oxidation sites excluding steroid dienone is 1. The first kappa shape index (κ1) is 38.0. The standard InChI is InChI=1S/C43H49N9O5/c1-3-22-51-41(55)35-27-45-42(49-39(35)52(51)36-15-7-30-17-20-43(56,4-2)38(30)47-36)46-31-8-10-32(11-9-31)50-23-18-28(19-24-50)26-44-21-25-57-33-12-5-29(6-13-33)34-14-16-37(53)48-40(34)54/h3,5-13,15,27-28,34,44,56H,1,4,14,16-26H2,2H3,(H,45,46,49)(H,48,53,54)/t34?,43-/m1/s1. The molecule has 3 aromatic heterocycles. The number of rotatable bonds is 14. The van der Waals surface area contributed by atoms with Crippen LogP contribution >= 0.6 is 0 Å². The summed E-state index contributed by atoms with van der Waals surface area (Å²) >= 11 is 0. The van der Waals surface area contributed by atoms with Gasteiger partial charge in [0.15, 0.2) is 11.5 Å². The molecule has 57 heavy (non-hydrogen) atoms. The van der Waals surface area contributed by atoms with Gasteiger partial charge in [-0.1, -0.05) is 31.2 Å². The third-order valence-corrected chi connectivity index (χ3v) is 11.6. The third-order valence-electron chi connectivity index (χ3n) is 11.6. The number of pyridine rings is 1. The molecule has 0 bridgehead atoms. The summed E-state index contributed by atoms with van der Waals surface area (Å²) in [4.78, 5) is 53.7. The van der Waals surface area contributed by atoms with E-state index in [1.807, 2.05) is 55.5 Å². The molecule has 2 fully saturated rings. The van der Waals surface area contributed by atoms with Gasteiger partial charge in [-0.15, -0.1) is 6.58 Å². The molecule has 2 saturated heterocycles. The van der Waals surface area contributed by atoms with Crippen LogP contribution in [0, 0.1) is 5.92 Å². The van der Waals surface area contributed by atoms with E-state index in [-0.39, 0.29) is 29.8 Å². The van der Waals surface area contributed by atoms with Crippen molar-refractivity contribution in [3.63, 3.8) is 0 Å². The summed E-state index contributed by atoms with van der Waals surface area (Å²) in [6.45, 7) is 10.2. The zero-order chi connectivity index (χ0) is 39.5. The molecule has 1 unspecified atom stereocenters. The molecule has 0 spiro atoms. The number of hydrogen-bond donors (Lipinski definition) is 4. The minimum absolute atomic E-state index is 0.207. The Balaban J connectivity index is 0.833. The number of nitrogens with zero attached hydrogens (tertiary/aromatic N) is 6. The average Bonchev–Trinajstić information content (AvgIpc) is 3.71. The first-order valence-corrected chi connectivity index (χ1v) is 19.9. The van der Waals surface area contributed by atoms with Gasteiger partial charge in [-0.3, -0.25) is 19.7 Å². The molecule has 2 atom stereocenters. The third kappa shape index (κ3) is 7.92. The molecule has 296 valence electrons. The molecule has 3 aliphatic rings. The normalized spacial score (nSPS) is 19.8. The van der Waals surface area contributed by atoms with Crippen molar-refractivity contribution in [2.75, 3.05) is 43.0 Å². The molecule has 1 aliphatic carbocycles. The van der Waals surface area contributed by atoms with E-state index in [1.54, 1.807) is 21.6 Å². The summed E-state index contributed by atoms with van der Waals surface area (Å²) in [6.07, 6.45) is 8.23. The van der Waals surface area contributed by atoms with Crippen molar-refractivity contribution >= 4 is 40.2 Å². The molecule has 2 amide bonds. The number of ether oxygens (including phenoxy) is 1. The number of aromatic nitrogens is 5. The second kappa shape index (κ2) is 16.3. The van der Waals surface area contributed by atoms with Gasteiger partial charge in [0.2, 0.25) is 17.8 Å². The number of carbonyl (C=O) groups is 2. The fraction of sp³-hybridized carbons (Fsp3) is 0.395. The highest BCUT2D eigenvalue weighted by Crippen LogP contribution is 2.38. The summed E-state index contributed by atoms with van der Waals surface area (Å²) in [5, 5.41) is 20.9. The van der Waals surface area contributed by atoms with Crippen molar-refractivity contribution in [2.45, 2.75) is 69.9 Å². The predicted octanol–water partition coefficient (Wildman–Crippen LogP) is 4.86. The maximum atomic E-state index is 13.5. The van der Waals surface area contributed by atoms with Crippen LogP contribution in [0.4, 0.5) is 17.3 Å². The summed E-state index contributed by atoms with van der Waals surface area (Å²) in [5.74, 6) is 1.48. The van der Waals surface area contributed by atoms with Crippen LogP contribution in [-0.4, -0.2) is 74.0 Å². The van der Waals surface area contributed by atoms with Crippen LogP contribution in [0.5, 0.6) is 5.75 Å². The van der Waals surface area contributed by atoms with E-state index in [0.29, 0.717) is 66.7 Å². The fourth-order valence-corrected chi connectivity index (χ4v) is 8.25. The van der Waals surface area contributed by atoms with Crippen LogP contribution < -0.4 is 31.1 Å². The van der Waals surface area contributed by atoms with Gasteiger partial charge >= 0.3 is 0 Å². The Hall–Kier alpha value is -5.86. The van der Waals surface area contributed by atoms with Crippen LogP contribution in [0.25, 0.3) is 16.9 Å². The molecule has 0 saturated carbocycles. The Labute approximate surface area is 331 Å². The molecule has 14 nitrogen and oxygen atoms in total. The van der Waals surface area contributed by atoms with E-state index in [2.05, 4.69) is 44.5 Å². The molecular formula is C43H49N9O5. The summed E-state index contributed by atoms with van der Waals surface area (Å²) in [7, 11) is 0. The molecule has 2 aromatic carbocycles. The van der Waals surface area contributed by atoms with E-state index >= 15 is 0 Å². The van der Waals surface area contributed by atoms with Crippen molar-refractivity contribution in [1.82, 2.24) is 34.9 Å². The van der Waals surface area contributed by atoms with Gasteiger partial charge in [0.1, 0.15) is 23.3 Å². The average molecular weight is 772 g/mol. The lowest BCUT2D eigenvalue weighted by molar-refractivity contribution is -0.134. The number of aliphatic hydroxyl groups is 1. The lowest BCUT2D eigenvalue weighted by Gasteiger charge is -2.33. The molecule has 4 N–H and O–H groups in total. The van der Waals surface area contributed by atoms with Gasteiger partial charge in [-0.05, 0) is 105 Å².